The number of hydrogen-bond donors (Lipinski definition) is 0. The number of ether oxygens (including phenoxy) is 1. The van der Waals surface area contributed by atoms with Gasteiger partial charge in [-0.3, -0.25) is 9.59 Å². The highest BCUT2D eigenvalue weighted by Gasteiger charge is 2.47. The van der Waals surface area contributed by atoms with Gasteiger partial charge in [0.1, 0.15) is 6.54 Å². The summed E-state index contributed by atoms with van der Waals surface area (Å²) in [5.41, 5.74) is -1.21. The van der Waals surface area contributed by atoms with Crippen LogP contribution in [0.15, 0.2) is 30.3 Å². The molecule has 0 bridgehead atoms. The van der Waals surface area contributed by atoms with Gasteiger partial charge < -0.3 is 9.64 Å². The van der Waals surface area contributed by atoms with Gasteiger partial charge in [0.05, 0.1) is 6.54 Å². The topological polar surface area (TPSA) is 66.9 Å². The first kappa shape index (κ1) is 16.4. The molecule has 0 N–H and O–H groups in total. The minimum Gasteiger partial charge on any atom is -0.433 e. The Balaban J connectivity index is 1.67. The van der Waals surface area contributed by atoms with E-state index in [0.717, 1.165) is 19.9 Å². The molecule has 0 spiro atoms. The second kappa shape index (κ2) is 5.90. The Bertz CT molecular complexity index is 794. The molecule has 1 aromatic heterocycles. The molecule has 1 aromatic carbocycles. The van der Waals surface area contributed by atoms with Crippen LogP contribution in [0.2, 0.25) is 0 Å². The molecule has 1 aliphatic rings. The first-order chi connectivity index (χ1) is 11.3. The van der Waals surface area contributed by atoms with Crippen LogP contribution in [0.25, 0.3) is 10.1 Å². The van der Waals surface area contributed by atoms with Crippen LogP contribution in [0.4, 0.5) is 4.79 Å². The number of imide groups is 1. The Morgan fingerprint density at radius 3 is 2.62 bits per heavy atom. The molecule has 0 unspecified atom stereocenters. The van der Waals surface area contributed by atoms with Crippen LogP contribution in [-0.2, 0) is 20.9 Å². The summed E-state index contributed by atoms with van der Waals surface area (Å²) in [5.74, 6) is -0.799. The molecule has 2 aromatic rings. The number of hydrogen-bond acceptors (Lipinski definition) is 5. The maximum absolute atomic E-state index is 12.3. The average Bonchev–Trinajstić information content (AvgIpc) is 3.00. The van der Waals surface area contributed by atoms with Crippen LogP contribution in [0.5, 0.6) is 0 Å². The molecule has 7 heteroatoms. The number of amides is 3. The molecule has 0 saturated carbocycles. The molecule has 3 amide bonds. The minimum absolute atomic E-state index is 0.303. The van der Waals surface area contributed by atoms with Crippen molar-refractivity contribution >= 4 is 39.3 Å². The molecule has 0 aliphatic carbocycles. The van der Waals surface area contributed by atoms with Gasteiger partial charge in [-0.05, 0) is 31.4 Å². The third kappa shape index (κ3) is 2.99. The largest absolute Gasteiger partial charge is 0.433 e. The predicted molar refractivity (Wildman–Crippen MR) is 90.6 cm³/mol. The van der Waals surface area contributed by atoms with Crippen molar-refractivity contribution in [3.05, 3.63) is 35.2 Å². The number of carbonyl (C=O) groups is 3. The molecule has 126 valence electrons. The Hall–Kier alpha value is -2.41. The molecule has 1 fully saturated rings. The summed E-state index contributed by atoms with van der Waals surface area (Å²) in [6.07, 6.45) is -0.770. The Labute approximate surface area is 143 Å². The fourth-order valence-electron chi connectivity index (χ4n) is 2.55. The number of benzene rings is 1. The molecule has 0 radical (unpaired) electrons. The number of carbonyl (C=O) groups excluding carboxylic acids is 3. The van der Waals surface area contributed by atoms with Gasteiger partial charge in [-0.1, -0.05) is 18.2 Å². The number of likely N-dealkylation sites (N-methyl/N-ethyl adjacent to an activating group) is 1. The molecule has 1 saturated heterocycles. The summed E-state index contributed by atoms with van der Waals surface area (Å²) in [7, 11) is 1.66. The van der Waals surface area contributed by atoms with Crippen molar-refractivity contribution in [1.29, 1.82) is 0 Å². The standard InChI is InChI=1S/C17H18N2O4S/c1-17(2)15(21)19(16(22)23-17)10-14(20)18(3)9-12-8-11-6-4-5-7-13(11)24-12/h4-8H,9-10H2,1-3H3. The maximum Gasteiger partial charge on any atom is 0.418 e. The lowest BCUT2D eigenvalue weighted by molar-refractivity contribution is -0.139. The summed E-state index contributed by atoms with van der Waals surface area (Å²) in [6, 6.07) is 10.1. The normalized spacial score (nSPS) is 16.5. The van der Waals surface area contributed by atoms with Gasteiger partial charge >= 0.3 is 6.09 Å². The van der Waals surface area contributed by atoms with E-state index in [1.165, 1.54) is 18.7 Å². The van der Waals surface area contributed by atoms with E-state index in [1.807, 2.05) is 30.3 Å². The van der Waals surface area contributed by atoms with E-state index in [4.69, 9.17) is 4.74 Å². The lowest BCUT2D eigenvalue weighted by Gasteiger charge is -2.19. The van der Waals surface area contributed by atoms with Crippen LogP contribution < -0.4 is 0 Å². The van der Waals surface area contributed by atoms with Crippen LogP contribution in [0.1, 0.15) is 18.7 Å². The van der Waals surface area contributed by atoms with Crippen molar-refractivity contribution in [2.24, 2.45) is 0 Å². The SMILES string of the molecule is CN(Cc1cc2ccccc2s1)C(=O)CN1C(=O)OC(C)(C)C1=O. The van der Waals surface area contributed by atoms with E-state index in [9.17, 15) is 14.4 Å². The first-order valence-corrected chi connectivity index (χ1v) is 8.36. The zero-order valence-corrected chi connectivity index (χ0v) is 14.6. The number of thiophene rings is 1. The number of nitrogens with zero attached hydrogens (tertiary/aromatic N) is 2. The van der Waals surface area contributed by atoms with Crippen molar-refractivity contribution < 1.29 is 19.1 Å². The fourth-order valence-corrected chi connectivity index (χ4v) is 3.67. The van der Waals surface area contributed by atoms with Crippen molar-refractivity contribution in [1.82, 2.24) is 9.80 Å². The zero-order valence-electron chi connectivity index (χ0n) is 13.7. The van der Waals surface area contributed by atoms with Crippen LogP contribution in [0.3, 0.4) is 0 Å². The van der Waals surface area contributed by atoms with E-state index < -0.39 is 17.6 Å². The highest BCUT2D eigenvalue weighted by atomic mass is 32.1. The van der Waals surface area contributed by atoms with E-state index in [2.05, 4.69) is 0 Å². The predicted octanol–water partition coefficient (Wildman–Crippen LogP) is 2.62. The summed E-state index contributed by atoms with van der Waals surface area (Å²) >= 11 is 1.62. The van der Waals surface area contributed by atoms with E-state index in [0.29, 0.717) is 6.54 Å². The van der Waals surface area contributed by atoms with Gasteiger partial charge in [-0.15, -0.1) is 11.3 Å². The Morgan fingerprint density at radius 1 is 1.29 bits per heavy atom. The van der Waals surface area contributed by atoms with E-state index in [-0.39, 0.29) is 12.5 Å². The first-order valence-electron chi connectivity index (χ1n) is 7.54. The van der Waals surface area contributed by atoms with Gasteiger partial charge in [-0.25, -0.2) is 9.69 Å². The number of rotatable bonds is 4. The summed E-state index contributed by atoms with van der Waals surface area (Å²) < 4.78 is 6.14. The molecule has 3 rings (SSSR count). The maximum atomic E-state index is 12.3. The van der Waals surface area contributed by atoms with Crippen LogP contribution >= 0.6 is 11.3 Å². The van der Waals surface area contributed by atoms with Crippen LogP contribution in [-0.4, -0.2) is 46.9 Å². The zero-order chi connectivity index (χ0) is 17.5. The van der Waals surface area contributed by atoms with Gasteiger partial charge in [-0.2, -0.15) is 0 Å². The Morgan fingerprint density at radius 2 is 2.00 bits per heavy atom. The summed E-state index contributed by atoms with van der Waals surface area (Å²) in [6.45, 7) is 3.15. The molecule has 1 aliphatic heterocycles. The van der Waals surface area contributed by atoms with Gasteiger partial charge in [0.25, 0.3) is 5.91 Å². The van der Waals surface area contributed by atoms with Gasteiger partial charge in [0.15, 0.2) is 5.60 Å². The van der Waals surface area contributed by atoms with Crippen molar-refractivity contribution in [2.45, 2.75) is 26.0 Å². The number of cyclic esters (lactones) is 1. The quantitative estimate of drug-likeness (QED) is 0.853. The number of fused-ring (bicyclic) bond motifs is 1. The second-order valence-electron chi connectivity index (χ2n) is 6.27. The highest BCUT2D eigenvalue weighted by Crippen LogP contribution is 2.26. The molecular weight excluding hydrogens is 328 g/mol. The molecule has 6 nitrogen and oxygen atoms in total. The van der Waals surface area contributed by atoms with Crippen molar-refractivity contribution in [3.8, 4) is 0 Å². The second-order valence-corrected chi connectivity index (χ2v) is 7.44. The van der Waals surface area contributed by atoms with Gasteiger partial charge in [0.2, 0.25) is 5.91 Å². The summed E-state index contributed by atoms with van der Waals surface area (Å²) in [4.78, 5) is 39.6. The monoisotopic (exact) mass is 346 g/mol. The molecular formula is C17H18N2O4S. The third-order valence-electron chi connectivity index (χ3n) is 3.91. The molecule has 24 heavy (non-hydrogen) atoms. The lowest BCUT2D eigenvalue weighted by Crippen LogP contribution is -2.43. The molecule has 0 atom stereocenters. The highest BCUT2D eigenvalue weighted by molar-refractivity contribution is 7.19. The van der Waals surface area contributed by atoms with E-state index in [1.54, 1.807) is 18.4 Å². The van der Waals surface area contributed by atoms with Crippen molar-refractivity contribution in [3.63, 3.8) is 0 Å². The summed E-state index contributed by atoms with van der Waals surface area (Å²) in [5, 5.41) is 1.14. The van der Waals surface area contributed by atoms with E-state index >= 15 is 0 Å². The van der Waals surface area contributed by atoms with Gasteiger partial charge in [0, 0.05) is 16.6 Å². The fraction of sp³-hybridized carbons (Fsp3) is 0.353. The third-order valence-corrected chi connectivity index (χ3v) is 5.01. The van der Waals surface area contributed by atoms with Crippen LogP contribution in [0, 0.1) is 0 Å². The average molecular weight is 346 g/mol. The lowest BCUT2D eigenvalue weighted by atomic mass is 10.1. The smallest absolute Gasteiger partial charge is 0.418 e. The molecule has 2 heterocycles. The Kier molecular flexibility index (Phi) is 4.04. The minimum atomic E-state index is -1.21. The van der Waals surface area contributed by atoms with Crippen molar-refractivity contribution in [2.75, 3.05) is 13.6 Å².